The molecule has 1 amide bonds. The molecule has 4 heteroatoms. The Balaban J connectivity index is 2.42. The Morgan fingerprint density at radius 3 is 2.37 bits per heavy atom. The number of nitrogens with zero attached hydrogens (tertiary/aromatic N) is 1. The molecule has 0 unspecified atom stereocenters. The summed E-state index contributed by atoms with van der Waals surface area (Å²) in [6, 6.07) is 12.3. The van der Waals surface area contributed by atoms with Gasteiger partial charge in [0, 0.05) is 19.1 Å². The summed E-state index contributed by atoms with van der Waals surface area (Å²) in [6.45, 7) is 0. The smallest absolute Gasteiger partial charge is 0.257 e. The Morgan fingerprint density at radius 1 is 1.11 bits per heavy atom. The number of phenols is 1. The lowest BCUT2D eigenvalue weighted by Crippen LogP contribution is -2.21. The number of halogens is 1. The van der Waals surface area contributed by atoms with Crippen LogP contribution in [-0.4, -0.2) is 30.0 Å². The van der Waals surface area contributed by atoms with E-state index in [0.29, 0.717) is 5.02 Å². The molecule has 0 fully saturated rings. The molecule has 0 aromatic heterocycles. The van der Waals surface area contributed by atoms with Gasteiger partial charge >= 0.3 is 0 Å². The van der Waals surface area contributed by atoms with Crippen molar-refractivity contribution < 1.29 is 9.90 Å². The minimum absolute atomic E-state index is 0.0313. The first-order valence-electron chi connectivity index (χ1n) is 5.79. The molecule has 0 heterocycles. The van der Waals surface area contributed by atoms with Crippen molar-refractivity contribution in [2.24, 2.45) is 0 Å². The highest BCUT2D eigenvalue weighted by molar-refractivity contribution is 6.30. The Kier molecular flexibility index (Phi) is 3.76. The fraction of sp³-hybridized carbons (Fsp3) is 0.133. The molecule has 19 heavy (non-hydrogen) atoms. The Labute approximate surface area is 117 Å². The number of amides is 1. The fourth-order valence-electron chi connectivity index (χ4n) is 1.80. The molecule has 0 aliphatic carbocycles. The zero-order valence-corrected chi connectivity index (χ0v) is 11.5. The molecule has 2 aromatic rings. The van der Waals surface area contributed by atoms with Crippen molar-refractivity contribution in [3.8, 4) is 16.9 Å². The maximum Gasteiger partial charge on any atom is 0.257 e. The number of hydrogen-bond donors (Lipinski definition) is 1. The summed E-state index contributed by atoms with van der Waals surface area (Å²) in [5.74, 6) is -0.258. The maximum atomic E-state index is 11.8. The third kappa shape index (κ3) is 2.88. The quantitative estimate of drug-likeness (QED) is 0.912. The van der Waals surface area contributed by atoms with Gasteiger partial charge in [-0.05, 0) is 35.4 Å². The van der Waals surface area contributed by atoms with E-state index < -0.39 is 0 Å². The zero-order valence-electron chi connectivity index (χ0n) is 10.7. The third-order valence-electron chi connectivity index (χ3n) is 2.79. The minimum Gasteiger partial charge on any atom is -0.507 e. The second-order valence-corrected chi connectivity index (χ2v) is 4.88. The van der Waals surface area contributed by atoms with Gasteiger partial charge in [0.15, 0.2) is 0 Å². The van der Waals surface area contributed by atoms with E-state index in [-0.39, 0.29) is 17.2 Å². The molecule has 1 N–H and O–H groups in total. The van der Waals surface area contributed by atoms with Crippen molar-refractivity contribution in [1.82, 2.24) is 4.90 Å². The summed E-state index contributed by atoms with van der Waals surface area (Å²) in [6.07, 6.45) is 0. The SMILES string of the molecule is CN(C)C(=O)c1ccc(-c2cccc(Cl)c2)cc1O. The lowest BCUT2D eigenvalue weighted by molar-refractivity contribution is 0.0824. The van der Waals surface area contributed by atoms with Crippen LogP contribution in [0.15, 0.2) is 42.5 Å². The second-order valence-electron chi connectivity index (χ2n) is 4.44. The van der Waals surface area contributed by atoms with Crippen LogP contribution in [0.4, 0.5) is 0 Å². The summed E-state index contributed by atoms with van der Waals surface area (Å²) in [5, 5.41) is 10.6. The van der Waals surface area contributed by atoms with Gasteiger partial charge in [-0.2, -0.15) is 0 Å². The molecule has 0 atom stereocenters. The van der Waals surface area contributed by atoms with Crippen LogP contribution >= 0.6 is 11.6 Å². The van der Waals surface area contributed by atoms with Crippen molar-refractivity contribution in [2.45, 2.75) is 0 Å². The summed E-state index contributed by atoms with van der Waals surface area (Å²) in [7, 11) is 3.29. The number of aromatic hydroxyl groups is 1. The third-order valence-corrected chi connectivity index (χ3v) is 3.03. The van der Waals surface area contributed by atoms with Gasteiger partial charge in [-0.25, -0.2) is 0 Å². The van der Waals surface area contributed by atoms with Gasteiger partial charge in [0.2, 0.25) is 0 Å². The van der Waals surface area contributed by atoms with Crippen LogP contribution in [0.3, 0.4) is 0 Å². The van der Waals surface area contributed by atoms with E-state index in [4.69, 9.17) is 11.6 Å². The first-order chi connectivity index (χ1) is 8.99. The molecule has 0 aliphatic heterocycles. The first-order valence-corrected chi connectivity index (χ1v) is 6.17. The van der Waals surface area contributed by atoms with Crippen molar-refractivity contribution in [3.63, 3.8) is 0 Å². The summed E-state index contributed by atoms with van der Waals surface area (Å²) in [4.78, 5) is 13.2. The summed E-state index contributed by atoms with van der Waals surface area (Å²) >= 11 is 5.93. The topological polar surface area (TPSA) is 40.5 Å². The van der Waals surface area contributed by atoms with Crippen molar-refractivity contribution in [1.29, 1.82) is 0 Å². The van der Waals surface area contributed by atoms with Crippen LogP contribution in [0, 0.1) is 0 Å². The molecular weight excluding hydrogens is 262 g/mol. The number of hydrogen-bond acceptors (Lipinski definition) is 2. The molecule has 0 radical (unpaired) electrons. The lowest BCUT2D eigenvalue weighted by atomic mass is 10.0. The second kappa shape index (κ2) is 5.33. The Hall–Kier alpha value is -2.00. The van der Waals surface area contributed by atoms with E-state index in [1.807, 2.05) is 18.2 Å². The van der Waals surface area contributed by atoms with Gasteiger partial charge in [-0.3, -0.25) is 4.79 Å². The molecule has 98 valence electrons. The maximum absolute atomic E-state index is 11.8. The van der Waals surface area contributed by atoms with E-state index in [9.17, 15) is 9.90 Å². The average Bonchev–Trinajstić information content (AvgIpc) is 2.37. The Bertz CT molecular complexity index is 623. The molecule has 3 nitrogen and oxygen atoms in total. The van der Waals surface area contributed by atoms with Gasteiger partial charge in [0.1, 0.15) is 5.75 Å². The minimum atomic E-state index is -0.227. The van der Waals surface area contributed by atoms with Crippen molar-refractivity contribution in [3.05, 3.63) is 53.1 Å². The number of benzene rings is 2. The van der Waals surface area contributed by atoms with Crippen LogP contribution in [-0.2, 0) is 0 Å². The van der Waals surface area contributed by atoms with E-state index >= 15 is 0 Å². The highest BCUT2D eigenvalue weighted by Crippen LogP contribution is 2.28. The van der Waals surface area contributed by atoms with Gasteiger partial charge in [0.05, 0.1) is 5.56 Å². The van der Waals surface area contributed by atoms with Gasteiger partial charge < -0.3 is 10.0 Å². The lowest BCUT2D eigenvalue weighted by Gasteiger charge is -2.12. The van der Waals surface area contributed by atoms with Crippen LogP contribution in [0.2, 0.25) is 5.02 Å². The van der Waals surface area contributed by atoms with Gasteiger partial charge in [0.25, 0.3) is 5.91 Å². The zero-order chi connectivity index (χ0) is 14.0. The molecule has 2 rings (SSSR count). The van der Waals surface area contributed by atoms with Crippen LogP contribution < -0.4 is 0 Å². The average molecular weight is 276 g/mol. The van der Waals surface area contributed by atoms with Crippen LogP contribution in [0.1, 0.15) is 10.4 Å². The monoisotopic (exact) mass is 275 g/mol. The van der Waals surface area contributed by atoms with E-state index in [1.165, 1.54) is 4.90 Å². The summed E-state index contributed by atoms with van der Waals surface area (Å²) < 4.78 is 0. The Morgan fingerprint density at radius 2 is 1.79 bits per heavy atom. The van der Waals surface area contributed by atoms with E-state index in [1.54, 1.807) is 38.4 Å². The standard InChI is InChI=1S/C15H14ClNO2/c1-17(2)15(19)13-7-6-11(9-14(13)18)10-4-3-5-12(16)8-10/h3-9,18H,1-2H3. The van der Waals surface area contributed by atoms with Crippen LogP contribution in [0.5, 0.6) is 5.75 Å². The number of rotatable bonds is 2. The van der Waals surface area contributed by atoms with Crippen LogP contribution in [0.25, 0.3) is 11.1 Å². The predicted molar refractivity (Wildman–Crippen MR) is 76.6 cm³/mol. The largest absolute Gasteiger partial charge is 0.507 e. The highest BCUT2D eigenvalue weighted by atomic mass is 35.5. The number of carbonyl (C=O) groups is 1. The molecular formula is C15H14ClNO2. The molecule has 2 aromatic carbocycles. The fourth-order valence-corrected chi connectivity index (χ4v) is 1.99. The normalized spacial score (nSPS) is 10.3. The van der Waals surface area contributed by atoms with Crippen molar-refractivity contribution in [2.75, 3.05) is 14.1 Å². The molecule has 0 saturated carbocycles. The van der Waals surface area contributed by atoms with E-state index in [0.717, 1.165) is 11.1 Å². The molecule has 0 spiro atoms. The molecule has 0 aliphatic rings. The number of carbonyl (C=O) groups excluding carboxylic acids is 1. The van der Waals surface area contributed by atoms with Gasteiger partial charge in [-0.15, -0.1) is 0 Å². The van der Waals surface area contributed by atoms with E-state index in [2.05, 4.69) is 0 Å². The first kappa shape index (κ1) is 13.4. The summed E-state index contributed by atoms with van der Waals surface area (Å²) in [5.41, 5.74) is 2.00. The van der Waals surface area contributed by atoms with Crippen molar-refractivity contribution >= 4 is 17.5 Å². The molecule has 0 saturated heterocycles. The number of phenolic OH excluding ortho intramolecular Hbond substituents is 1. The predicted octanol–water partition coefficient (Wildman–Crippen LogP) is 3.41. The molecule has 0 bridgehead atoms. The highest BCUT2D eigenvalue weighted by Gasteiger charge is 2.13. The van der Waals surface area contributed by atoms with Gasteiger partial charge in [-0.1, -0.05) is 29.8 Å².